The van der Waals surface area contributed by atoms with Crippen LogP contribution in [0.3, 0.4) is 0 Å². The van der Waals surface area contributed by atoms with E-state index >= 15 is 0 Å². The minimum atomic E-state index is -1.54. The van der Waals surface area contributed by atoms with Gasteiger partial charge in [0.1, 0.15) is 5.75 Å². The average Bonchev–Trinajstić information content (AvgIpc) is 3.04. The number of hydrogen-bond donors (Lipinski definition) is 0. The highest BCUT2D eigenvalue weighted by Gasteiger charge is 2.53. The number of esters is 1. The molecule has 0 radical (unpaired) electrons. The molecule has 1 aromatic heterocycles. The second kappa shape index (κ2) is 6.59. The monoisotopic (exact) mass is 371 g/mol. The quantitative estimate of drug-likeness (QED) is 0.593. The van der Waals surface area contributed by atoms with Crippen molar-refractivity contribution in [2.24, 2.45) is 0 Å². The van der Waals surface area contributed by atoms with Crippen molar-refractivity contribution in [3.63, 3.8) is 0 Å². The number of carbonyl (C=O) groups is 1. The molecule has 3 heterocycles. The second-order valence-corrected chi connectivity index (χ2v) is 7.40. The maximum atomic E-state index is 11.4. The third-order valence-electron chi connectivity index (χ3n) is 5.36. The molecule has 1 unspecified atom stereocenters. The Morgan fingerprint density at radius 1 is 1.22 bits per heavy atom. The van der Waals surface area contributed by atoms with Crippen molar-refractivity contribution in [1.82, 2.24) is 9.97 Å². The number of nitrogens with zero attached hydrogens (tertiary/aromatic N) is 3. The third-order valence-corrected chi connectivity index (χ3v) is 5.36. The van der Waals surface area contributed by atoms with Crippen LogP contribution in [0.1, 0.15) is 22.5 Å². The zero-order valence-corrected chi connectivity index (χ0v) is 15.7. The number of benzene rings is 1. The first-order valence-electron chi connectivity index (χ1n) is 8.91. The molecular weight excluding hydrogens is 349 g/mol. The zero-order valence-electron chi connectivity index (χ0n) is 15.7. The van der Waals surface area contributed by atoms with Crippen molar-refractivity contribution >= 4 is 18.1 Å². The van der Waals surface area contributed by atoms with Crippen molar-refractivity contribution < 1.29 is 28.0 Å². The molecule has 0 bridgehead atoms. The lowest BCUT2D eigenvalue weighted by Crippen LogP contribution is -2.74. The summed E-state index contributed by atoms with van der Waals surface area (Å²) in [5.41, 5.74) is 2.28. The summed E-state index contributed by atoms with van der Waals surface area (Å²) in [4.78, 5) is 19.5. The summed E-state index contributed by atoms with van der Waals surface area (Å²) in [5, 5.41) is 0. The Hall–Kier alpha value is -2.49. The molecule has 9 heteroatoms. The first kappa shape index (κ1) is 17.9. The molecule has 2 aliphatic rings. The van der Waals surface area contributed by atoms with Gasteiger partial charge in [-0.05, 0) is 17.7 Å². The molecule has 1 atom stereocenters. The number of hydrogen-bond acceptors (Lipinski definition) is 7. The third kappa shape index (κ3) is 2.97. The van der Waals surface area contributed by atoms with E-state index in [0.29, 0.717) is 29.2 Å². The fourth-order valence-electron chi connectivity index (χ4n) is 3.92. The van der Waals surface area contributed by atoms with Crippen LogP contribution in [0.25, 0.3) is 0 Å². The molecule has 1 saturated heterocycles. The van der Waals surface area contributed by atoms with E-state index in [1.54, 1.807) is 0 Å². The van der Waals surface area contributed by atoms with Crippen LogP contribution >= 0.6 is 0 Å². The van der Waals surface area contributed by atoms with E-state index in [-0.39, 0.29) is 5.69 Å². The zero-order chi connectivity index (χ0) is 19.1. The molecule has 0 saturated carbocycles. The Morgan fingerprint density at radius 3 is 2.78 bits per heavy atom. The lowest BCUT2D eigenvalue weighted by atomic mass is 9.59. The number of carbonyl (C=O) groups excluding carboxylic acids is 1. The average molecular weight is 371 g/mol. The van der Waals surface area contributed by atoms with Crippen LogP contribution in [0, 0.1) is 0 Å². The van der Waals surface area contributed by atoms with Crippen molar-refractivity contribution in [3.8, 4) is 11.6 Å². The summed E-state index contributed by atoms with van der Waals surface area (Å²) in [6.45, 7) is 0.668. The fraction of sp³-hybridized carbons (Fsp3) is 0.389. The van der Waals surface area contributed by atoms with Crippen LogP contribution in [0.4, 0.5) is 0 Å². The van der Waals surface area contributed by atoms with E-state index in [1.807, 2.05) is 18.2 Å². The van der Waals surface area contributed by atoms with Gasteiger partial charge in [-0.3, -0.25) is 0 Å². The smallest absolute Gasteiger partial charge is 0.502 e. The first-order valence-corrected chi connectivity index (χ1v) is 8.91. The van der Waals surface area contributed by atoms with Gasteiger partial charge in [0.25, 0.3) is 0 Å². The fourth-order valence-corrected chi connectivity index (χ4v) is 3.92. The number of ether oxygens (including phenoxy) is 2. The molecule has 0 amide bonds. The number of fused-ring (bicyclic) bond motifs is 2. The highest BCUT2D eigenvalue weighted by atomic mass is 16.6. The van der Waals surface area contributed by atoms with E-state index in [1.165, 1.54) is 19.5 Å². The molecule has 8 nitrogen and oxygen atoms in total. The standard InChI is InChI=1S/C18H22BN3O5/c1-22(2)7-4-8-25-19(22)15-6-5-14(9-13(15)12-26-19)27-17-11-20-16(10-21-17)18(23)24-3/h5-6,9-11H,4,7-8,12H2,1-3H3. The summed E-state index contributed by atoms with van der Waals surface area (Å²) in [6.07, 6.45) is 3.74. The Bertz CT molecular complexity index is 874. The van der Waals surface area contributed by atoms with Crippen molar-refractivity contribution in [3.05, 3.63) is 41.9 Å². The Labute approximate surface area is 157 Å². The van der Waals surface area contributed by atoms with E-state index in [2.05, 4.69) is 28.8 Å². The summed E-state index contributed by atoms with van der Waals surface area (Å²) in [6, 6.07) is 5.84. The molecule has 0 aliphatic carbocycles. The molecule has 4 rings (SSSR count). The molecule has 2 aromatic rings. The molecule has 1 fully saturated rings. The lowest BCUT2D eigenvalue weighted by molar-refractivity contribution is -0.812. The van der Waals surface area contributed by atoms with Crippen LogP contribution < -0.4 is 10.2 Å². The van der Waals surface area contributed by atoms with Gasteiger partial charge in [0.2, 0.25) is 5.88 Å². The molecule has 2 aliphatic heterocycles. The van der Waals surface area contributed by atoms with Gasteiger partial charge in [0, 0.05) is 40.3 Å². The maximum absolute atomic E-state index is 11.4. The first-order chi connectivity index (χ1) is 12.9. The van der Waals surface area contributed by atoms with Crippen LogP contribution in [-0.2, 0) is 20.7 Å². The van der Waals surface area contributed by atoms with Gasteiger partial charge in [0.05, 0.1) is 19.5 Å². The second-order valence-electron chi connectivity index (χ2n) is 7.40. The van der Waals surface area contributed by atoms with E-state index in [4.69, 9.17) is 14.0 Å². The van der Waals surface area contributed by atoms with Crippen LogP contribution in [0.5, 0.6) is 11.6 Å². The summed E-state index contributed by atoms with van der Waals surface area (Å²) in [7, 11) is 5.60. The van der Waals surface area contributed by atoms with Gasteiger partial charge in [-0.25, -0.2) is 14.8 Å². The molecule has 1 aromatic carbocycles. The maximum Gasteiger partial charge on any atom is 0.502 e. The molecular formula is C18H22BN3O5. The van der Waals surface area contributed by atoms with Gasteiger partial charge >= 0.3 is 12.7 Å². The Kier molecular flexibility index (Phi) is 4.37. The van der Waals surface area contributed by atoms with Crippen molar-refractivity contribution in [2.75, 3.05) is 34.4 Å². The van der Waals surface area contributed by atoms with Crippen molar-refractivity contribution in [1.29, 1.82) is 0 Å². The number of quaternary nitrogens is 1. The normalized spacial score (nSPS) is 23.1. The SMILES string of the molecule is COC(=O)c1cnc(Oc2ccc3c(c2)CO[B-]32OCCC[N+]2(C)C)cn1. The number of methoxy groups -OCH3 is 1. The Balaban J connectivity index is 1.57. The summed E-state index contributed by atoms with van der Waals surface area (Å²) >= 11 is 0. The van der Waals surface area contributed by atoms with Crippen LogP contribution in [0.15, 0.2) is 30.6 Å². The molecule has 0 N–H and O–H groups in total. The van der Waals surface area contributed by atoms with Crippen molar-refractivity contribution in [2.45, 2.75) is 13.0 Å². The van der Waals surface area contributed by atoms with E-state index in [0.717, 1.165) is 24.0 Å². The van der Waals surface area contributed by atoms with Gasteiger partial charge in [0.15, 0.2) is 5.69 Å². The minimum absolute atomic E-state index is 0.131. The van der Waals surface area contributed by atoms with Gasteiger partial charge in [-0.1, -0.05) is 11.5 Å². The highest BCUT2D eigenvalue weighted by Crippen LogP contribution is 2.33. The molecule has 27 heavy (non-hydrogen) atoms. The summed E-state index contributed by atoms with van der Waals surface area (Å²) < 4.78 is 23.5. The van der Waals surface area contributed by atoms with Gasteiger partial charge < -0.3 is 23.2 Å². The van der Waals surface area contributed by atoms with Crippen LogP contribution in [-0.4, -0.2) is 61.4 Å². The number of rotatable bonds is 3. The predicted molar refractivity (Wildman–Crippen MR) is 97.6 cm³/mol. The minimum Gasteiger partial charge on any atom is -0.509 e. The highest BCUT2D eigenvalue weighted by molar-refractivity contribution is 6.76. The molecule has 1 spiro atoms. The lowest BCUT2D eigenvalue weighted by Gasteiger charge is -2.55. The summed E-state index contributed by atoms with van der Waals surface area (Å²) in [5.74, 6) is 0.391. The predicted octanol–water partition coefficient (Wildman–Crippen LogP) is 1.23. The van der Waals surface area contributed by atoms with E-state index < -0.39 is 12.7 Å². The molecule has 142 valence electrons. The largest absolute Gasteiger partial charge is 0.509 e. The van der Waals surface area contributed by atoms with Gasteiger partial charge in [-0.15, -0.1) is 0 Å². The van der Waals surface area contributed by atoms with E-state index in [9.17, 15) is 4.79 Å². The van der Waals surface area contributed by atoms with Gasteiger partial charge in [-0.2, -0.15) is 0 Å². The number of aromatic nitrogens is 2. The Morgan fingerprint density at radius 2 is 2.07 bits per heavy atom. The van der Waals surface area contributed by atoms with Crippen LogP contribution in [0.2, 0.25) is 0 Å². The topological polar surface area (TPSA) is 79.8 Å².